The Labute approximate surface area is 204 Å². The van der Waals surface area contributed by atoms with E-state index in [4.69, 9.17) is 0 Å². The number of carbonyl (C=O) groups is 3. The van der Waals surface area contributed by atoms with Gasteiger partial charge in [0.1, 0.15) is 11.6 Å². The number of urea groups is 1. The van der Waals surface area contributed by atoms with E-state index in [1.54, 1.807) is 47.2 Å². The van der Waals surface area contributed by atoms with Crippen LogP contribution in [0.3, 0.4) is 0 Å². The highest BCUT2D eigenvalue weighted by Gasteiger charge is 2.75. The van der Waals surface area contributed by atoms with Gasteiger partial charge in [-0.3, -0.25) is 38.3 Å². The fourth-order valence-corrected chi connectivity index (χ4v) is 5.49. The Morgan fingerprint density at radius 2 is 1.53 bits per heavy atom. The molecule has 1 spiro atoms. The number of imide groups is 2. The van der Waals surface area contributed by atoms with E-state index >= 15 is 0 Å². The monoisotopic (exact) mass is 491 g/mol. The van der Waals surface area contributed by atoms with Gasteiger partial charge in [-0.15, -0.1) is 0 Å². The number of hydrogen-bond acceptors (Lipinski definition) is 7. The van der Waals surface area contributed by atoms with Crippen molar-refractivity contribution in [2.45, 2.75) is 12.0 Å². The molecule has 0 aliphatic carbocycles. The highest BCUT2D eigenvalue weighted by Crippen LogP contribution is 2.56. The topological polar surface area (TPSA) is 139 Å². The molecule has 0 saturated carbocycles. The first-order valence-electron chi connectivity index (χ1n) is 11.1. The van der Waals surface area contributed by atoms with E-state index in [1.165, 1.54) is 34.4 Å². The maximum atomic E-state index is 14.2. The Morgan fingerprint density at radius 1 is 0.889 bits per heavy atom. The minimum Gasteiger partial charge on any atom is -0.494 e. The third kappa shape index (κ3) is 2.66. The highest BCUT2D eigenvalue weighted by atomic mass is 16.3. The van der Waals surface area contributed by atoms with Crippen LogP contribution in [0.1, 0.15) is 28.9 Å². The van der Waals surface area contributed by atoms with Crippen molar-refractivity contribution in [3.63, 3.8) is 0 Å². The molecule has 0 unspecified atom stereocenters. The first-order chi connectivity index (χ1) is 17.1. The average molecular weight is 491 g/mol. The summed E-state index contributed by atoms with van der Waals surface area (Å²) in [6.07, 6.45) is 3.16. The second kappa shape index (κ2) is 7.70. The molecule has 1 saturated heterocycles. The predicted molar refractivity (Wildman–Crippen MR) is 123 cm³/mol. The van der Waals surface area contributed by atoms with Gasteiger partial charge >= 0.3 is 11.7 Å². The van der Waals surface area contributed by atoms with Crippen LogP contribution in [0.15, 0.2) is 58.4 Å². The van der Waals surface area contributed by atoms with Crippen LogP contribution in [0.2, 0.25) is 0 Å². The molecule has 0 bridgehead atoms. The number of hydrogen-bond donors (Lipinski definition) is 1. The molecule has 5 rings (SSSR count). The summed E-state index contributed by atoms with van der Waals surface area (Å²) >= 11 is 0. The first-order valence-corrected chi connectivity index (χ1v) is 11.1. The molecular weight excluding hydrogens is 468 g/mol. The van der Waals surface area contributed by atoms with E-state index < -0.39 is 52.3 Å². The van der Waals surface area contributed by atoms with Crippen molar-refractivity contribution in [2.24, 2.45) is 19.5 Å². The summed E-state index contributed by atoms with van der Waals surface area (Å²) in [6.45, 7) is 0. The molecule has 36 heavy (non-hydrogen) atoms. The van der Waals surface area contributed by atoms with Crippen LogP contribution in [-0.2, 0) is 23.7 Å². The number of rotatable bonds is 2. The van der Waals surface area contributed by atoms with Crippen molar-refractivity contribution in [1.82, 2.24) is 23.9 Å². The lowest BCUT2D eigenvalue weighted by atomic mass is 9.65. The lowest BCUT2D eigenvalue weighted by molar-refractivity contribution is -0.713. The van der Waals surface area contributed by atoms with Gasteiger partial charge in [-0.05, 0) is 12.1 Å². The Bertz CT molecular complexity index is 1550. The van der Waals surface area contributed by atoms with Gasteiger partial charge < -0.3 is 5.11 Å². The normalized spacial score (nSPS) is 20.8. The van der Waals surface area contributed by atoms with Crippen molar-refractivity contribution in [1.29, 1.82) is 0 Å². The largest absolute Gasteiger partial charge is 0.494 e. The number of pyridine rings is 2. The van der Waals surface area contributed by atoms with Crippen molar-refractivity contribution in [2.75, 3.05) is 14.1 Å². The Kier molecular flexibility index (Phi) is 4.95. The van der Waals surface area contributed by atoms with Crippen molar-refractivity contribution in [3.8, 4) is 5.88 Å². The van der Waals surface area contributed by atoms with Gasteiger partial charge in [0.25, 0.3) is 17.4 Å². The molecule has 184 valence electrons. The highest BCUT2D eigenvalue weighted by molar-refractivity contribution is 6.20. The number of aromatic nitrogens is 4. The Hall–Kier alpha value is -4.61. The molecule has 12 nitrogen and oxygen atoms in total. The average Bonchev–Trinajstić information content (AvgIpc) is 3.20. The molecule has 2 aliphatic rings. The van der Waals surface area contributed by atoms with E-state index in [9.17, 15) is 29.1 Å². The van der Waals surface area contributed by atoms with Crippen LogP contribution < -0.4 is 15.8 Å². The summed E-state index contributed by atoms with van der Waals surface area (Å²) < 4.78 is 3.34. The standard InChI is InChI=1S/C24H22N6O6/c1-26-18(31)15(19(32)27(2)22(26)35)16-14-10-6-8-12-30(14)17(13-9-5-7-11-25-13)24(16)20(33)28(3)23(36)29(4)21(24)34/h5-12,16-17H,1-4H3/p+1/t16-,17-/m0/s1. The zero-order valence-electron chi connectivity index (χ0n) is 19.9. The maximum absolute atomic E-state index is 14.2. The van der Waals surface area contributed by atoms with Crippen LogP contribution in [-0.4, -0.2) is 61.0 Å². The third-order valence-electron chi connectivity index (χ3n) is 7.20. The minimum absolute atomic E-state index is 0.309. The third-order valence-corrected chi connectivity index (χ3v) is 7.20. The van der Waals surface area contributed by atoms with E-state index in [-0.39, 0.29) is 5.56 Å². The predicted octanol–water partition coefficient (Wildman–Crippen LogP) is -0.756. The van der Waals surface area contributed by atoms with Gasteiger partial charge in [0.15, 0.2) is 11.9 Å². The molecule has 3 aromatic rings. The van der Waals surface area contributed by atoms with Crippen LogP contribution >= 0.6 is 0 Å². The SMILES string of the molecule is CN1C(=O)N(C)C(=O)C2(C1=O)[C@H](c1c(O)n(C)c(=O)n(C)c1=O)c1cccc[n+]1[C@H]2c1ccccn1. The second-order valence-corrected chi connectivity index (χ2v) is 8.95. The number of carbonyl (C=O) groups excluding carboxylic acids is 3. The maximum Gasteiger partial charge on any atom is 0.333 e. The molecule has 0 radical (unpaired) electrons. The van der Waals surface area contributed by atoms with Crippen LogP contribution in [0, 0.1) is 5.41 Å². The fourth-order valence-electron chi connectivity index (χ4n) is 5.49. The Balaban J connectivity index is 1.99. The first kappa shape index (κ1) is 23.1. The number of amides is 4. The summed E-state index contributed by atoms with van der Waals surface area (Å²) in [4.78, 5) is 73.2. The summed E-state index contributed by atoms with van der Waals surface area (Å²) in [5.41, 5.74) is -3.35. The molecule has 1 fully saturated rings. The van der Waals surface area contributed by atoms with E-state index in [1.807, 2.05) is 0 Å². The fraction of sp³-hybridized carbons (Fsp3) is 0.292. The van der Waals surface area contributed by atoms with Crippen molar-refractivity contribution in [3.05, 3.63) is 86.6 Å². The summed E-state index contributed by atoms with van der Waals surface area (Å²) in [6, 6.07) is 8.14. The van der Waals surface area contributed by atoms with Crippen molar-refractivity contribution < 1.29 is 24.1 Å². The van der Waals surface area contributed by atoms with Crippen LogP contribution in [0.5, 0.6) is 5.88 Å². The molecule has 1 N–H and O–H groups in total. The summed E-state index contributed by atoms with van der Waals surface area (Å²) in [5, 5.41) is 11.1. The number of nitrogens with zero attached hydrogens (tertiary/aromatic N) is 6. The lowest BCUT2D eigenvalue weighted by Crippen LogP contribution is -2.67. The van der Waals surface area contributed by atoms with Gasteiger partial charge in [-0.25, -0.2) is 9.59 Å². The van der Waals surface area contributed by atoms with Crippen LogP contribution in [0.4, 0.5) is 4.79 Å². The summed E-state index contributed by atoms with van der Waals surface area (Å²) in [5.74, 6) is -3.73. The molecule has 2 atom stereocenters. The lowest BCUT2D eigenvalue weighted by Gasteiger charge is -2.42. The number of aromatic hydroxyl groups is 1. The molecule has 2 aliphatic heterocycles. The van der Waals surface area contributed by atoms with Gasteiger partial charge in [0.05, 0.1) is 5.56 Å². The minimum atomic E-state index is -2.11. The van der Waals surface area contributed by atoms with Gasteiger partial charge in [-0.1, -0.05) is 12.1 Å². The van der Waals surface area contributed by atoms with Gasteiger partial charge in [-0.2, -0.15) is 4.57 Å². The molecule has 4 amide bonds. The van der Waals surface area contributed by atoms with E-state index in [0.717, 1.165) is 18.9 Å². The Morgan fingerprint density at radius 3 is 2.14 bits per heavy atom. The van der Waals surface area contributed by atoms with Gasteiger partial charge in [0, 0.05) is 46.5 Å². The smallest absolute Gasteiger partial charge is 0.333 e. The zero-order chi connectivity index (χ0) is 26.1. The van der Waals surface area contributed by atoms with Crippen LogP contribution in [0.25, 0.3) is 0 Å². The number of barbiturate groups is 1. The molecular formula is C24H23N6O6+. The molecule has 0 aromatic carbocycles. The quantitative estimate of drug-likeness (QED) is 0.367. The summed E-state index contributed by atoms with van der Waals surface area (Å²) in [7, 11) is 5.04. The molecule has 12 heteroatoms. The van der Waals surface area contributed by atoms with Crippen molar-refractivity contribution >= 4 is 17.8 Å². The molecule has 5 heterocycles. The van der Waals surface area contributed by atoms with E-state index in [0.29, 0.717) is 11.4 Å². The number of fused-ring (bicyclic) bond motifs is 1. The van der Waals surface area contributed by atoms with E-state index in [2.05, 4.69) is 4.98 Å². The molecule has 3 aromatic heterocycles. The second-order valence-electron chi connectivity index (χ2n) is 8.95. The zero-order valence-corrected chi connectivity index (χ0v) is 19.9. The van der Waals surface area contributed by atoms with Gasteiger partial charge in [0.2, 0.25) is 17.3 Å².